The third-order valence-corrected chi connectivity index (χ3v) is 3.99. The predicted octanol–water partition coefficient (Wildman–Crippen LogP) is 1.66. The van der Waals surface area contributed by atoms with E-state index in [2.05, 4.69) is 10.5 Å². The van der Waals surface area contributed by atoms with E-state index in [1.54, 1.807) is 31.1 Å². The first-order valence-electron chi connectivity index (χ1n) is 7.71. The summed E-state index contributed by atoms with van der Waals surface area (Å²) in [6, 6.07) is 9.05. The van der Waals surface area contributed by atoms with E-state index in [1.165, 1.54) is 0 Å². The molecule has 1 aromatic heterocycles. The molecule has 2 amide bonds. The number of rotatable bonds is 5. The zero-order valence-corrected chi connectivity index (χ0v) is 13.6. The van der Waals surface area contributed by atoms with Crippen molar-refractivity contribution in [2.75, 3.05) is 18.6 Å². The summed E-state index contributed by atoms with van der Waals surface area (Å²) < 4.78 is 10.3. The van der Waals surface area contributed by atoms with Gasteiger partial charge >= 0.3 is 0 Å². The van der Waals surface area contributed by atoms with E-state index in [0.717, 1.165) is 0 Å². The number of carbonyl (C=O) groups is 2. The molecule has 2 aromatic rings. The Morgan fingerprint density at radius 1 is 1.46 bits per heavy atom. The number of hydrogen-bond acceptors (Lipinski definition) is 5. The van der Waals surface area contributed by atoms with Crippen LogP contribution in [0.25, 0.3) is 0 Å². The Bertz CT molecular complexity index is 756. The topological polar surface area (TPSA) is 84.7 Å². The second-order valence-electron chi connectivity index (χ2n) is 5.72. The van der Waals surface area contributed by atoms with E-state index in [9.17, 15) is 9.59 Å². The molecule has 1 aromatic carbocycles. The number of methoxy groups -OCH3 is 1. The van der Waals surface area contributed by atoms with Gasteiger partial charge in [0, 0.05) is 19.0 Å². The third-order valence-electron chi connectivity index (χ3n) is 3.99. The highest BCUT2D eigenvalue weighted by Crippen LogP contribution is 2.32. The quantitative estimate of drug-likeness (QED) is 0.902. The van der Waals surface area contributed by atoms with Crippen molar-refractivity contribution in [3.63, 3.8) is 0 Å². The highest BCUT2D eigenvalue weighted by atomic mass is 16.5. The lowest BCUT2D eigenvalue weighted by Gasteiger charge is -2.19. The Morgan fingerprint density at radius 3 is 2.96 bits per heavy atom. The van der Waals surface area contributed by atoms with E-state index >= 15 is 0 Å². The van der Waals surface area contributed by atoms with Gasteiger partial charge in [0.15, 0.2) is 0 Å². The van der Waals surface area contributed by atoms with Gasteiger partial charge in [-0.25, -0.2) is 0 Å². The number of aryl methyl sites for hydroxylation is 1. The molecule has 24 heavy (non-hydrogen) atoms. The molecule has 2 heterocycles. The van der Waals surface area contributed by atoms with Crippen LogP contribution >= 0.6 is 0 Å². The molecule has 0 saturated carbocycles. The minimum Gasteiger partial charge on any atom is -0.495 e. The Kier molecular flexibility index (Phi) is 4.50. The highest BCUT2D eigenvalue weighted by Gasteiger charge is 2.36. The zero-order valence-electron chi connectivity index (χ0n) is 13.6. The van der Waals surface area contributed by atoms with Gasteiger partial charge in [-0.2, -0.15) is 0 Å². The molecule has 0 bridgehead atoms. The predicted molar refractivity (Wildman–Crippen MR) is 86.5 cm³/mol. The van der Waals surface area contributed by atoms with E-state index in [0.29, 0.717) is 29.4 Å². The summed E-state index contributed by atoms with van der Waals surface area (Å²) in [5, 5.41) is 6.63. The van der Waals surface area contributed by atoms with Crippen LogP contribution in [0.2, 0.25) is 0 Å². The van der Waals surface area contributed by atoms with Gasteiger partial charge in [-0.1, -0.05) is 17.3 Å². The minimum absolute atomic E-state index is 0.0862. The molecular weight excluding hydrogens is 310 g/mol. The van der Waals surface area contributed by atoms with Gasteiger partial charge in [-0.05, 0) is 19.1 Å². The van der Waals surface area contributed by atoms with E-state index in [4.69, 9.17) is 9.26 Å². The van der Waals surface area contributed by atoms with Gasteiger partial charge in [0.2, 0.25) is 11.8 Å². The van der Waals surface area contributed by atoms with Gasteiger partial charge in [-0.15, -0.1) is 0 Å². The molecule has 3 rings (SSSR count). The van der Waals surface area contributed by atoms with Gasteiger partial charge in [-0.3, -0.25) is 9.59 Å². The van der Waals surface area contributed by atoms with Crippen molar-refractivity contribution in [2.24, 2.45) is 5.92 Å². The van der Waals surface area contributed by atoms with Crippen LogP contribution in [0.4, 0.5) is 5.69 Å². The number of aromatic nitrogens is 1. The number of nitrogens with one attached hydrogen (secondary N) is 1. The van der Waals surface area contributed by atoms with Gasteiger partial charge in [0.1, 0.15) is 17.2 Å². The normalized spacial score (nSPS) is 17.2. The molecule has 1 saturated heterocycles. The summed E-state index contributed by atoms with van der Waals surface area (Å²) in [5.74, 6) is 0.663. The third kappa shape index (κ3) is 3.24. The molecule has 1 fully saturated rings. The van der Waals surface area contributed by atoms with Crippen molar-refractivity contribution in [3.8, 4) is 5.75 Å². The van der Waals surface area contributed by atoms with Crippen molar-refractivity contribution >= 4 is 17.5 Å². The molecule has 0 spiro atoms. The highest BCUT2D eigenvalue weighted by molar-refractivity contribution is 6.01. The molecule has 7 heteroatoms. The lowest BCUT2D eigenvalue weighted by molar-refractivity contribution is -0.126. The van der Waals surface area contributed by atoms with Crippen LogP contribution in [0, 0.1) is 12.8 Å². The molecule has 1 unspecified atom stereocenters. The largest absolute Gasteiger partial charge is 0.495 e. The maximum atomic E-state index is 12.3. The molecule has 1 atom stereocenters. The number of ether oxygens (including phenoxy) is 1. The summed E-state index contributed by atoms with van der Waals surface area (Å²) in [7, 11) is 1.56. The molecule has 0 radical (unpaired) electrons. The van der Waals surface area contributed by atoms with Crippen molar-refractivity contribution in [1.29, 1.82) is 0 Å². The van der Waals surface area contributed by atoms with Crippen molar-refractivity contribution in [2.45, 2.75) is 19.9 Å². The number of hydrogen-bond donors (Lipinski definition) is 1. The number of para-hydroxylation sites is 2. The maximum Gasteiger partial charge on any atom is 0.227 e. The van der Waals surface area contributed by atoms with Crippen LogP contribution in [0.15, 0.2) is 34.9 Å². The fourth-order valence-electron chi connectivity index (χ4n) is 2.79. The second kappa shape index (κ2) is 6.74. The van der Waals surface area contributed by atoms with Crippen LogP contribution in [0.5, 0.6) is 5.75 Å². The minimum atomic E-state index is -0.393. The van der Waals surface area contributed by atoms with Crippen molar-refractivity contribution < 1.29 is 18.8 Å². The Labute approximate surface area is 139 Å². The van der Waals surface area contributed by atoms with E-state index < -0.39 is 5.92 Å². The van der Waals surface area contributed by atoms with Crippen LogP contribution < -0.4 is 15.0 Å². The molecule has 1 aliphatic heterocycles. The maximum absolute atomic E-state index is 12.3. The molecular formula is C17H19N3O4. The Balaban J connectivity index is 1.64. The SMILES string of the molecule is COc1ccccc1N1CC(C(=O)NCc2cc(C)on2)CC1=O. The number of anilines is 1. The summed E-state index contributed by atoms with van der Waals surface area (Å²) in [5.41, 5.74) is 1.35. The summed E-state index contributed by atoms with van der Waals surface area (Å²) in [6.45, 7) is 2.41. The molecule has 1 N–H and O–H groups in total. The summed E-state index contributed by atoms with van der Waals surface area (Å²) in [6.07, 6.45) is 0.182. The molecule has 7 nitrogen and oxygen atoms in total. The van der Waals surface area contributed by atoms with Crippen molar-refractivity contribution in [3.05, 3.63) is 41.8 Å². The second-order valence-corrected chi connectivity index (χ2v) is 5.72. The van der Waals surface area contributed by atoms with Gasteiger partial charge < -0.3 is 19.5 Å². The summed E-state index contributed by atoms with van der Waals surface area (Å²) in [4.78, 5) is 26.2. The first-order chi connectivity index (χ1) is 11.6. The first kappa shape index (κ1) is 16.0. The molecule has 126 valence electrons. The fourth-order valence-corrected chi connectivity index (χ4v) is 2.79. The van der Waals surface area contributed by atoms with Crippen LogP contribution in [-0.2, 0) is 16.1 Å². The number of benzene rings is 1. The molecule has 0 aliphatic carbocycles. The average molecular weight is 329 g/mol. The van der Waals surface area contributed by atoms with Gasteiger partial charge in [0.25, 0.3) is 0 Å². The Morgan fingerprint density at radius 2 is 2.25 bits per heavy atom. The van der Waals surface area contributed by atoms with E-state index in [1.807, 2.05) is 18.2 Å². The fraction of sp³-hybridized carbons (Fsp3) is 0.353. The summed E-state index contributed by atoms with van der Waals surface area (Å²) >= 11 is 0. The smallest absolute Gasteiger partial charge is 0.227 e. The molecule has 1 aliphatic rings. The standard InChI is InChI=1S/C17H19N3O4/c1-11-7-13(19-24-11)9-18-17(22)12-8-16(21)20(10-12)14-5-3-4-6-15(14)23-2/h3-7,12H,8-10H2,1-2H3,(H,18,22). The monoisotopic (exact) mass is 329 g/mol. The first-order valence-corrected chi connectivity index (χ1v) is 7.71. The Hall–Kier alpha value is -2.83. The van der Waals surface area contributed by atoms with Crippen molar-refractivity contribution in [1.82, 2.24) is 10.5 Å². The average Bonchev–Trinajstić information content (AvgIpc) is 3.18. The number of nitrogens with zero attached hydrogens (tertiary/aromatic N) is 2. The lowest BCUT2D eigenvalue weighted by atomic mass is 10.1. The van der Waals surface area contributed by atoms with Crippen LogP contribution in [0.1, 0.15) is 17.9 Å². The van der Waals surface area contributed by atoms with E-state index in [-0.39, 0.29) is 24.8 Å². The number of amides is 2. The zero-order chi connectivity index (χ0) is 17.1. The number of carbonyl (C=O) groups excluding carboxylic acids is 2. The van der Waals surface area contributed by atoms with Crippen LogP contribution in [-0.4, -0.2) is 30.6 Å². The van der Waals surface area contributed by atoms with Gasteiger partial charge in [0.05, 0.1) is 25.3 Å². The van der Waals surface area contributed by atoms with Crippen LogP contribution in [0.3, 0.4) is 0 Å². The lowest BCUT2D eigenvalue weighted by Crippen LogP contribution is -2.32.